The monoisotopic (exact) mass is 1460 g/mol. The molecule has 0 aliphatic rings. The van der Waals surface area contributed by atoms with Crippen molar-refractivity contribution in [1.29, 1.82) is 0 Å². The molecular formula is C88H150O16. The van der Waals surface area contributed by atoms with E-state index in [4.69, 9.17) is 18.9 Å². The average Bonchev–Trinajstić information content (AvgIpc) is 0.815. The van der Waals surface area contributed by atoms with Crippen LogP contribution >= 0.6 is 0 Å². The summed E-state index contributed by atoms with van der Waals surface area (Å²) in [5, 5.41) is 38.3. The van der Waals surface area contributed by atoms with Crippen LogP contribution in [0.5, 0.6) is 0 Å². The van der Waals surface area contributed by atoms with E-state index in [9.17, 15) is 58.8 Å². The van der Waals surface area contributed by atoms with E-state index < -0.39 is 72.6 Å². The van der Waals surface area contributed by atoms with Gasteiger partial charge in [-0.1, -0.05) is 314 Å². The zero-order valence-electron chi connectivity index (χ0n) is 66.4. The first-order valence-electron chi connectivity index (χ1n) is 42.0. The Kier molecular flexibility index (Phi) is 67.5. The predicted octanol–water partition coefficient (Wildman–Crippen LogP) is 23.5. The molecule has 0 aliphatic carbocycles. The maximum absolute atomic E-state index is 13.3. The van der Waals surface area contributed by atoms with Gasteiger partial charge in [0.25, 0.3) is 0 Å². The van der Waals surface area contributed by atoms with Gasteiger partial charge in [-0.2, -0.15) is 0 Å². The van der Waals surface area contributed by atoms with Gasteiger partial charge in [0.05, 0.1) is 37.2 Å². The SMILES string of the molecule is CCCCCCCCCCC(CCCCCCCC)COC(=O)C(C)C(/C=C/C=C\C/C=C\CCCCCCCC(=O)OCC(COC(=O)CCCCCCC/C=C\C=C\C(CCCCC)C(CC(=O)O)C(=O)O)OC(=O)CCCCCC/C=C/C(CCCCCCCC)C(CC(=O)O)C(=O)O)CC. The molecule has 0 rings (SSSR count). The van der Waals surface area contributed by atoms with Gasteiger partial charge in [-0.3, -0.25) is 38.4 Å². The van der Waals surface area contributed by atoms with Crippen LogP contribution < -0.4 is 0 Å². The smallest absolute Gasteiger partial charge is 0.309 e. The molecule has 0 aromatic carbocycles. The van der Waals surface area contributed by atoms with Gasteiger partial charge in [0.1, 0.15) is 13.2 Å². The zero-order chi connectivity index (χ0) is 76.7. The van der Waals surface area contributed by atoms with Crippen LogP contribution in [0.3, 0.4) is 0 Å². The van der Waals surface area contributed by atoms with Crippen LogP contribution in [0.4, 0.5) is 0 Å². The Balaban J connectivity index is 5.22. The minimum absolute atomic E-state index is 0.0788. The first-order chi connectivity index (χ1) is 50.4. The lowest BCUT2D eigenvalue weighted by molar-refractivity contribution is -0.167. The zero-order valence-corrected chi connectivity index (χ0v) is 66.4. The number of rotatable bonds is 75. The Morgan fingerprint density at radius 1 is 0.337 bits per heavy atom. The largest absolute Gasteiger partial charge is 0.481 e. The lowest BCUT2D eigenvalue weighted by atomic mass is 9.84. The van der Waals surface area contributed by atoms with Gasteiger partial charge in [0.2, 0.25) is 0 Å². The lowest BCUT2D eigenvalue weighted by Crippen LogP contribution is -2.30. The van der Waals surface area contributed by atoms with Gasteiger partial charge in [0.15, 0.2) is 6.10 Å². The van der Waals surface area contributed by atoms with Crippen LogP contribution in [0.25, 0.3) is 0 Å². The number of hydrogen-bond donors (Lipinski definition) is 4. The lowest BCUT2D eigenvalue weighted by Gasteiger charge is -2.21. The molecule has 0 saturated carbocycles. The molecule has 8 unspecified atom stereocenters. The molecule has 0 bridgehead atoms. The second-order valence-corrected chi connectivity index (χ2v) is 29.4. The minimum atomic E-state index is -1.12. The number of carbonyl (C=O) groups is 8. The second kappa shape index (κ2) is 71.5. The summed E-state index contributed by atoms with van der Waals surface area (Å²) < 4.78 is 22.9. The number of carboxylic acid groups (broad SMARTS) is 4. The normalized spacial score (nSPS) is 14.3. The van der Waals surface area contributed by atoms with Gasteiger partial charge < -0.3 is 39.4 Å². The maximum atomic E-state index is 13.3. The summed E-state index contributed by atoms with van der Waals surface area (Å²) >= 11 is 0. The Labute approximate surface area is 631 Å². The molecule has 0 spiro atoms. The highest BCUT2D eigenvalue weighted by atomic mass is 16.6. The van der Waals surface area contributed by atoms with Crippen molar-refractivity contribution in [1.82, 2.24) is 0 Å². The molecule has 104 heavy (non-hydrogen) atoms. The van der Waals surface area contributed by atoms with Gasteiger partial charge in [-0.25, -0.2) is 0 Å². The number of ether oxygens (including phenoxy) is 4. The Bertz CT molecular complexity index is 2350. The van der Waals surface area contributed by atoms with E-state index in [2.05, 4.69) is 71.1 Å². The number of aliphatic carboxylic acids is 4. The first kappa shape index (κ1) is 98.2. The Morgan fingerprint density at radius 3 is 1.15 bits per heavy atom. The summed E-state index contributed by atoms with van der Waals surface area (Å²) in [4.78, 5) is 99.2. The van der Waals surface area contributed by atoms with E-state index in [0.29, 0.717) is 51.0 Å². The Hall–Kier alpha value is -5.80. The van der Waals surface area contributed by atoms with Crippen LogP contribution in [-0.4, -0.2) is 94.1 Å². The van der Waals surface area contributed by atoms with Crippen molar-refractivity contribution in [2.75, 3.05) is 19.8 Å². The third-order valence-corrected chi connectivity index (χ3v) is 20.1. The van der Waals surface area contributed by atoms with Crippen molar-refractivity contribution in [3.8, 4) is 0 Å². The van der Waals surface area contributed by atoms with Crippen LogP contribution in [0, 0.1) is 41.4 Å². The van der Waals surface area contributed by atoms with Crippen LogP contribution in [0.1, 0.15) is 369 Å². The van der Waals surface area contributed by atoms with E-state index in [1.807, 2.05) is 43.4 Å². The topological polar surface area (TPSA) is 254 Å². The summed E-state index contributed by atoms with van der Waals surface area (Å²) in [6, 6.07) is 0. The van der Waals surface area contributed by atoms with Crippen molar-refractivity contribution in [3.63, 3.8) is 0 Å². The summed E-state index contributed by atoms with van der Waals surface area (Å²) in [5.74, 6) is -8.12. The predicted molar refractivity (Wildman–Crippen MR) is 422 cm³/mol. The highest BCUT2D eigenvalue weighted by Gasteiger charge is 2.30. The Morgan fingerprint density at radius 2 is 0.702 bits per heavy atom. The number of carboxylic acids is 4. The molecule has 0 aromatic heterocycles. The quantitative estimate of drug-likeness (QED) is 0.0145. The molecule has 0 radical (unpaired) electrons. The van der Waals surface area contributed by atoms with E-state index in [1.165, 1.54) is 89.9 Å². The minimum Gasteiger partial charge on any atom is -0.481 e. The first-order valence-corrected chi connectivity index (χ1v) is 42.0. The van der Waals surface area contributed by atoms with Gasteiger partial charge in [0, 0.05) is 19.3 Å². The molecule has 0 amide bonds. The van der Waals surface area contributed by atoms with Crippen LogP contribution in [0.15, 0.2) is 72.9 Å². The highest BCUT2D eigenvalue weighted by Crippen LogP contribution is 2.28. The number of hydrogen-bond acceptors (Lipinski definition) is 12. The van der Waals surface area contributed by atoms with Gasteiger partial charge in [-0.15, -0.1) is 0 Å². The summed E-state index contributed by atoms with van der Waals surface area (Å²) in [6.45, 7) is 13.0. The van der Waals surface area contributed by atoms with E-state index >= 15 is 0 Å². The van der Waals surface area contributed by atoms with Gasteiger partial charge >= 0.3 is 47.8 Å². The molecule has 0 aromatic rings. The van der Waals surface area contributed by atoms with Gasteiger partial charge in [-0.05, 0) is 120 Å². The molecule has 0 aliphatic heterocycles. The van der Waals surface area contributed by atoms with E-state index in [0.717, 1.165) is 167 Å². The fourth-order valence-electron chi connectivity index (χ4n) is 13.3. The molecular weight excluding hydrogens is 1310 g/mol. The summed E-state index contributed by atoms with van der Waals surface area (Å²) in [5.41, 5.74) is 0. The average molecular weight is 1460 g/mol. The third-order valence-electron chi connectivity index (χ3n) is 20.1. The fraction of sp³-hybridized carbons (Fsp3) is 0.773. The summed E-state index contributed by atoms with van der Waals surface area (Å²) in [7, 11) is 0. The van der Waals surface area contributed by atoms with Crippen molar-refractivity contribution in [2.45, 2.75) is 375 Å². The molecule has 16 nitrogen and oxygen atoms in total. The number of allylic oxidation sites excluding steroid dienone is 12. The molecule has 598 valence electrons. The maximum Gasteiger partial charge on any atom is 0.309 e. The molecule has 0 fully saturated rings. The van der Waals surface area contributed by atoms with Crippen molar-refractivity contribution < 1.29 is 77.7 Å². The van der Waals surface area contributed by atoms with E-state index in [-0.39, 0.29) is 62.1 Å². The van der Waals surface area contributed by atoms with Crippen molar-refractivity contribution >= 4 is 47.8 Å². The van der Waals surface area contributed by atoms with E-state index in [1.54, 1.807) is 0 Å². The van der Waals surface area contributed by atoms with Crippen LogP contribution in [-0.2, 0) is 57.3 Å². The fourth-order valence-corrected chi connectivity index (χ4v) is 13.3. The number of esters is 4. The van der Waals surface area contributed by atoms with Crippen molar-refractivity contribution in [2.24, 2.45) is 41.4 Å². The second-order valence-electron chi connectivity index (χ2n) is 29.4. The number of carbonyl (C=O) groups excluding carboxylic acids is 4. The molecule has 8 atom stereocenters. The van der Waals surface area contributed by atoms with Crippen molar-refractivity contribution in [3.05, 3.63) is 72.9 Å². The standard InChI is InChI=1S/C88H150O16/c1-7-12-16-19-22-32-40-50-59-74(58-49-39-20-17-13-8-2)70-103-88(100)73(6)75(11-5)60-51-42-33-28-25-23-24-26-30-35-45-55-65-83(93)101-71-78(104-85(95)67-57-47-38-37-44-54-64-77(63-52-41-21-18-14-9-3)80(87(98)99)69-82(91)92)72-102-84(94)66-56-46-36-31-27-29-34-43-53-62-76(61-48-15-10-4)79(86(96)97)68-81(89)90/h23,25,33-34,42-43,51,53-54,60,62,64,73-80H,7-22,24,26-32,35-41,44-50,52,55-59,61,63,65-72H2,1-6H3,(H,89,90)(H,91,92)(H,96,97)(H,98,99)/b25-23-,42-33-,43-34-,60-51+,62-53+,64-54+. The molecule has 0 heterocycles. The highest BCUT2D eigenvalue weighted by molar-refractivity contribution is 5.79. The molecule has 16 heteroatoms. The summed E-state index contributed by atoms with van der Waals surface area (Å²) in [6.07, 6.45) is 69.7. The third kappa shape index (κ3) is 60.3. The molecule has 4 N–H and O–H groups in total. The van der Waals surface area contributed by atoms with Crippen LogP contribution in [0.2, 0.25) is 0 Å². The number of unbranched alkanes of at least 4 members (excludes halogenated alkanes) is 33. The molecule has 0 saturated heterocycles.